The van der Waals surface area contributed by atoms with Gasteiger partial charge in [-0.1, -0.05) is 49.4 Å². The van der Waals surface area contributed by atoms with Crippen molar-refractivity contribution in [1.29, 1.82) is 0 Å². The van der Waals surface area contributed by atoms with Crippen molar-refractivity contribution in [2.75, 3.05) is 6.61 Å². The van der Waals surface area contributed by atoms with Gasteiger partial charge in [0.1, 0.15) is 0 Å². The van der Waals surface area contributed by atoms with Crippen molar-refractivity contribution >= 4 is 33.4 Å². The third kappa shape index (κ3) is 4.39. The molecule has 0 bridgehead atoms. The Hall–Kier alpha value is -2.73. The molecule has 0 aliphatic rings. The van der Waals surface area contributed by atoms with E-state index in [4.69, 9.17) is 4.74 Å². The fourth-order valence-corrected chi connectivity index (χ4v) is 4.00. The maximum atomic E-state index is 12.4. The topological polar surface area (TPSA) is 60.7 Å². The zero-order valence-electron chi connectivity index (χ0n) is 16.6. The van der Waals surface area contributed by atoms with E-state index < -0.39 is 0 Å². The molecule has 6 heteroatoms. The summed E-state index contributed by atoms with van der Waals surface area (Å²) < 4.78 is 7.81. The van der Waals surface area contributed by atoms with Crippen molar-refractivity contribution in [2.45, 2.75) is 33.1 Å². The summed E-state index contributed by atoms with van der Waals surface area (Å²) in [5.74, 6) is -0.0727. The molecule has 3 rings (SSSR count). The van der Waals surface area contributed by atoms with E-state index >= 15 is 0 Å². The molecule has 1 aromatic heterocycles. The Morgan fingerprint density at radius 2 is 1.86 bits per heavy atom. The molecule has 0 saturated carbocycles. The van der Waals surface area contributed by atoms with E-state index in [1.807, 2.05) is 29.8 Å². The number of aromatic nitrogens is 1. The molecule has 0 atom stereocenters. The molecule has 0 fully saturated rings. The number of fused-ring (bicyclic) bond motifs is 1. The van der Waals surface area contributed by atoms with Crippen LogP contribution in [-0.2, 0) is 23.0 Å². The van der Waals surface area contributed by atoms with Gasteiger partial charge in [0.2, 0.25) is 0 Å². The third-order valence-electron chi connectivity index (χ3n) is 4.54. The van der Waals surface area contributed by atoms with Gasteiger partial charge in [0.25, 0.3) is 5.91 Å². The SMILES string of the molecule is CCOC(=O)c1ccc2c(c1)sc(=NC(=O)Cc1ccc(C(C)C)cc1)n2C. The lowest BCUT2D eigenvalue weighted by atomic mass is 10.0. The Morgan fingerprint density at radius 3 is 2.50 bits per heavy atom. The summed E-state index contributed by atoms with van der Waals surface area (Å²) >= 11 is 1.39. The molecule has 0 radical (unpaired) electrons. The fraction of sp³-hybridized carbons (Fsp3) is 0.318. The molecule has 0 aliphatic carbocycles. The first kappa shape index (κ1) is 20.0. The van der Waals surface area contributed by atoms with E-state index in [1.165, 1.54) is 16.9 Å². The first-order chi connectivity index (χ1) is 13.4. The summed E-state index contributed by atoms with van der Waals surface area (Å²) in [6.45, 7) is 6.40. The van der Waals surface area contributed by atoms with Crippen LogP contribution in [0.25, 0.3) is 10.2 Å². The second-order valence-corrected chi connectivity index (χ2v) is 7.93. The van der Waals surface area contributed by atoms with Gasteiger partial charge in [-0.25, -0.2) is 4.79 Å². The normalized spacial score (nSPS) is 12.0. The van der Waals surface area contributed by atoms with E-state index in [-0.39, 0.29) is 18.3 Å². The standard InChI is InChI=1S/C22H24N2O3S/c1-5-27-21(26)17-10-11-18-19(13-17)28-22(24(18)4)23-20(25)12-15-6-8-16(9-7-15)14(2)3/h6-11,13-14H,5,12H2,1-4H3. The number of nitrogens with zero attached hydrogens (tertiary/aromatic N) is 2. The van der Waals surface area contributed by atoms with Crippen molar-refractivity contribution in [3.8, 4) is 0 Å². The zero-order chi connectivity index (χ0) is 20.3. The summed E-state index contributed by atoms with van der Waals surface area (Å²) in [5, 5.41) is 0. The molecule has 0 saturated heterocycles. The summed E-state index contributed by atoms with van der Waals surface area (Å²) in [6, 6.07) is 13.5. The van der Waals surface area contributed by atoms with Crippen molar-refractivity contribution in [3.63, 3.8) is 0 Å². The predicted molar refractivity (Wildman–Crippen MR) is 112 cm³/mol. The lowest BCUT2D eigenvalue weighted by molar-refractivity contribution is -0.117. The number of amides is 1. The molecule has 0 N–H and O–H groups in total. The average Bonchev–Trinajstić information content (AvgIpc) is 2.97. The molecule has 5 nitrogen and oxygen atoms in total. The number of hydrogen-bond donors (Lipinski definition) is 0. The number of benzene rings is 2. The average molecular weight is 397 g/mol. The maximum Gasteiger partial charge on any atom is 0.338 e. The molecular formula is C22H24N2O3S. The highest BCUT2D eigenvalue weighted by Gasteiger charge is 2.11. The first-order valence-electron chi connectivity index (χ1n) is 9.32. The van der Waals surface area contributed by atoms with Gasteiger partial charge in [0.15, 0.2) is 4.80 Å². The molecule has 3 aromatic rings. The fourth-order valence-electron chi connectivity index (χ4n) is 2.92. The monoisotopic (exact) mass is 396 g/mol. The molecular weight excluding hydrogens is 372 g/mol. The highest BCUT2D eigenvalue weighted by molar-refractivity contribution is 7.16. The van der Waals surface area contributed by atoms with Gasteiger partial charge in [-0.3, -0.25) is 4.79 Å². The second kappa shape index (κ2) is 8.52. The minimum Gasteiger partial charge on any atom is -0.462 e. The van der Waals surface area contributed by atoms with E-state index in [2.05, 4.69) is 31.0 Å². The first-order valence-corrected chi connectivity index (χ1v) is 10.1. The van der Waals surface area contributed by atoms with E-state index in [1.54, 1.807) is 19.1 Å². The zero-order valence-corrected chi connectivity index (χ0v) is 17.4. The van der Waals surface area contributed by atoms with Crippen LogP contribution < -0.4 is 4.80 Å². The number of rotatable bonds is 5. The van der Waals surface area contributed by atoms with Gasteiger partial charge in [-0.2, -0.15) is 4.99 Å². The van der Waals surface area contributed by atoms with Gasteiger partial charge in [-0.05, 0) is 42.2 Å². The number of thiazole rings is 1. The number of aryl methyl sites for hydroxylation is 1. The Kier molecular flexibility index (Phi) is 6.09. The summed E-state index contributed by atoms with van der Waals surface area (Å²) in [6.07, 6.45) is 0.265. The predicted octanol–water partition coefficient (Wildman–Crippen LogP) is 4.21. The molecule has 0 aliphatic heterocycles. The Labute approximate surface area is 168 Å². The van der Waals surface area contributed by atoms with Crippen LogP contribution in [0.1, 0.15) is 48.2 Å². The molecule has 1 heterocycles. The van der Waals surface area contributed by atoms with Crippen LogP contribution in [0.15, 0.2) is 47.5 Å². The maximum absolute atomic E-state index is 12.4. The Morgan fingerprint density at radius 1 is 1.14 bits per heavy atom. The number of hydrogen-bond acceptors (Lipinski definition) is 4. The summed E-state index contributed by atoms with van der Waals surface area (Å²) in [5.41, 5.74) is 3.62. The summed E-state index contributed by atoms with van der Waals surface area (Å²) in [4.78, 5) is 29.3. The van der Waals surface area contributed by atoms with Crippen LogP contribution in [0.4, 0.5) is 0 Å². The highest BCUT2D eigenvalue weighted by atomic mass is 32.1. The quantitative estimate of drug-likeness (QED) is 0.607. The lowest BCUT2D eigenvalue weighted by Crippen LogP contribution is -2.14. The number of esters is 1. The molecule has 146 valence electrons. The Balaban J connectivity index is 1.85. The van der Waals surface area contributed by atoms with Gasteiger partial charge in [0, 0.05) is 7.05 Å². The van der Waals surface area contributed by atoms with Gasteiger partial charge >= 0.3 is 5.97 Å². The van der Waals surface area contributed by atoms with Crippen LogP contribution in [0.3, 0.4) is 0 Å². The minimum absolute atomic E-state index is 0.190. The van der Waals surface area contributed by atoms with Crippen molar-refractivity contribution in [3.05, 3.63) is 64.0 Å². The van der Waals surface area contributed by atoms with Crippen LogP contribution in [0.5, 0.6) is 0 Å². The van der Waals surface area contributed by atoms with Crippen molar-refractivity contribution in [1.82, 2.24) is 4.57 Å². The van der Waals surface area contributed by atoms with Crippen LogP contribution in [0.2, 0.25) is 0 Å². The van der Waals surface area contributed by atoms with Crippen LogP contribution in [0, 0.1) is 0 Å². The number of ether oxygens (including phenoxy) is 1. The second-order valence-electron chi connectivity index (χ2n) is 6.93. The van der Waals surface area contributed by atoms with E-state index in [0.29, 0.717) is 22.9 Å². The number of carbonyl (C=O) groups excluding carboxylic acids is 2. The molecule has 0 spiro atoms. The Bertz CT molecular complexity index is 1080. The van der Waals surface area contributed by atoms with E-state index in [0.717, 1.165) is 15.8 Å². The van der Waals surface area contributed by atoms with E-state index in [9.17, 15) is 9.59 Å². The van der Waals surface area contributed by atoms with Crippen LogP contribution in [-0.4, -0.2) is 23.1 Å². The van der Waals surface area contributed by atoms with Crippen molar-refractivity contribution in [2.24, 2.45) is 12.0 Å². The minimum atomic E-state index is -0.347. The third-order valence-corrected chi connectivity index (χ3v) is 5.64. The molecule has 28 heavy (non-hydrogen) atoms. The highest BCUT2D eigenvalue weighted by Crippen LogP contribution is 2.19. The molecule has 2 aromatic carbocycles. The van der Waals surface area contributed by atoms with Crippen molar-refractivity contribution < 1.29 is 14.3 Å². The van der Waals surface area contributed by atoms with Gasteiger partial charge in [0.05, 0.1) is 28.8 Å². The lowest BCUT2D eigenvalue weighted by Gasteiger charge is -2.05. The summed E-state index contributed by atoms with van der Waals surface area (Å²) in [7, 11) is 1.87. The molecule has 0 unspecified atom stereocenters. The smallest absolute Gasteiger partial charge is 0.338 e. The largest absolute Gasteiger partial charge is 0.462 e. The number of carbonyl (C=O) groups is 2. The van der Waals surface area contributed by atoms with Gasteiger partial charge in [-0.15, -0.1) is 0 Å². The van der Waals surface area contributed by atoms with Crippen LogP contribution >= 0.6 is 11.3 Å². The van der Waals surface area contributed by atoms with Gasteiger partial charge < -0.3 is 9.30 Å². The molecule has 1 amide bonds.